The predicted octanol–water partition coefficient (Wildman–Crippen LogP) is 4.66. The Bertz CT molecular complexity index is 938. The average molecular weight is 408 g/mol. The van der Waals surface area contributed by atoms with Crippen molar-refractivity contribution in [2.45, 2.75) is 20.0 Å². The highest BCUT2D eigenvalue weighted by molar-refractivity contribution is 7.09. The van der Waals surface area contributed by atoms with Gasteiger partial charge < -0.3 is 15.4 Å². The van der Waals surface area contributed by atoms with Crippen LogP contribution in [0.25, 0.3) is 6.08 Å². The first-order chi connectivity index (χ1) is 14.2. The molecule has 1 aromatic heterocycles. The summed E-state index contributed by atoms with van der Waals surface area (Å²) < 4.78 is 5.88. The monoisotopic (exact) mass is 407 g/mol. The van der Waals surface area contributed by atoms with Gasteiger partial charge in [-0.15, -0.1) is 11.3 Å². The highest BCUT2D eigenvalue weighted by atomic mass is 32.1. The fourth-order valence-electron chi connectivity index (χ4n) is 2.69. The minimum atomic E-state index is -0.116. The second-order valence-corrected chi connectivity index (χ2v) is 7.52. The molecular formula is C23H25N3O2S. The Morgan fingerprint density at radius 3 is 2.69 bits per heavy atom. The zero-order chi connectivity index (χ0) is 20.3. The van der Waals surface area contributed by atoms with Crippen LogP contribution in [0.15, 0.2) is 66.1 Å². The van der Waals surface area contributed by atoms with Crippen LogP contribution in [0.3, 0.4) is 0 Å². The van der Waals surface area contributed by atoms with Gasteiger partial charge in [-0.1, -0.05) is 36.4 Å². The van der Waals surface area contributed by atoms with E-state index in [-0.39, 0.29) is 5.91 Å². The van der Waals surface area contributed by atoms with E-state index in [0.29, 0.717) is 13.2 Å². The molecule has 0 aliphatic rings. The molecule has 0 aliphatic carbocycles. The van der Waals surface area contributed by atoms with Gasteiger partial charge in [0.05, 0.1) is 10.7 Å². The third-order valence-corrected chi connectivity index (χ3v) is 4.95. The van der Waals surface area contributed by atoms with Crippen LogP contribution in [-0.2, 0) is 11.4 Å². The Hall–Kier alpha value is -3.12. The number of para-hydroxylation sites is 2. The summed E-state index contributed by atoms with van der Waals surface area (Å²) in [5.41, 5.74) is 2.86. The van der Waals surface area contributed by atoms with Gasteiger partial charge in [-0.3, -0.25) is 4.79 Å². The summed E-state index contributed by atoms with van der Waals surface area (Å²) in [6, 6.07) is 17.7. The third kappa shape index (κ3) is 7.08. The van der Waals surface area contributed by atoms with Crippen LogP contribution in [-0.4, -0.2) is 24.0 Å². The summed E-state index contributed by atoms with van der Waals surface area (Å²) in [7, 11) is 0. The normalized spacial score (nSPS) is 10.8. The second kappa shape index (κ2) is 11.0. The molecule has 0 atom stereocenters. The largest absolute Gasteiger partial charge is 0.487 e. The van der Waals surface area contributed by atoms with Gasteiger partial charge in [-0.05, 0) is 37.6 Å². The number of hydrogen-bond acceptors (Lipinski definition) is 5. The number of ether oxygens (including phenoxy) is 1. The van der Waals surface area contributed by atoms with Crippen molar-refractivity contribution in [2.24, 2.45) is 0 Å². The van der Waals surface area contributed by atoms with Gasteiger partial charge >= 0.3 is 0 Å². The van der Waals surface area contributed by atoms with Crippen LogP contribution in [0, 0.1) is 6.92 Å². The minimum Gasteiger partial charge on any atom is -0.487 e. The van der Waals surface area contributed by atoms with Gasteiger partial charge in [-0.25, -0.2) is 4.98 Å². The van der Waals surface area contributed by atoms with Crippen LogP contribution in [0.2, 0.25) is 0 Å². The van der Waals surface area contributed by atoms with Gasteiger partial charge in [0.1, 0.15) is 12.4 Å². The topological polar surface area (TPSA) is 63.2 Å². The molecule has 0 radical (unpaired) electrons. The summed E-state index contributed by atoms with van der Waals surface area (Å²) in [6.45, 7) is 3.81. The summed E-state index contributed by atoms with van der Waals surface area (Å²) in [4.78, 5) is 16.5. The maximum absolute atomic E-state index is 12.1. The lowest BCUT2D eigenvalue weighted by molar-refractivity contribution is -0.116. The van der Waals surface area contributed by atoms with Gasteiger partial charge in [0.15, 0.2) is 0 Å². The van der Waals surface area contributed by atoms with Crippen molar-refractivity contribution in [1.82, 2.24) is 10.3 Å². The van der Waals surface area contributed by atoms with E-state index < -0.39 is 0 Å². The lowest BCUT2D eigenvalue weighted by Gasteiger charge is -2.08. The second-order valence-electron chi connectivity index (χ2n) is 6.46. The molecule has 0 spiro atoms. The maximum Gasteiger partial charge on any atom is 0.244 e. The van der Waals surface area contributed by atoms with Crippen molar-refractivity contribution in [3.8, 4) is 5.75 Å². The van der Waals surface area contributed by atoms with Gasteiger partial charge in [-0.2, -0.15) is 0 Å². The molecule has 0 saturated carbocycles. The molecule has 2 aromatic carbocycles. The maximum atomic E-state index is 12.1. The van der Waals surface area contributed by atoms with Crippen molar-refractivity contribution in [2.75, 3.05) is 18.4 Å². The van der Waals surface area contributed by atoms with Crippen LogP contribution >= 0.6 is 11.3 Å². The summed E-state index contributed by atoms with van der Waals surface area (Å²) in [5.74, 6) is 0.615. The number of hydrogen-bond donors (Lipinski definition) is 2. The number of rotatable bonds is 10. The van der Waals surface area contributed by atoms with E-state index in [2.05, 4.69) is 15.6 Å². The molecule has 5 nitrogen and oxygen atoms in total. The first kappa shape index (κ1) is 20.6. The molecule has 29 heavy (non-hydrogen) atoms. The van der Waals surface area contributed by atoms with Crippen LogP contribution in [0.4, 0.5) is 5.69 Å². The third-order valence-electron chi connectivity index (χ3n) is 4.13. The molecule has 0 unspecified atom stereocenters. The van der Waals surface area contributed by atoms with E-state index in [9.17, 15) is 4.79 Å². The number of nitrogens with one attached hydrogen (secondary N) is 2. The highest BCUT2D eigenvalue weighted by Gasteiger charge is 2.04. The van der Waals surface area contributed by atoms with Crippen molar-refractivity contribution in [3.63, 3.8) is 0 Å². The van der Waals surface area contributed by atoms with Crippen molar-refractivity contribution in [1.29, 1.82) is 0 Å². The van der Waals surface area contributed by atoms with Gasteiger partial charge in [0.25, 0.3) is 0 Å². The van der Waals surface area contributed by atoms with Crippen molar-refractivity contribution in [3.05, 3.63) is 82.3 Å². The fraction of sp³-hybridized carbons (Fsp3) is 0.217. The first-order valence-corrected chi connectivity index (χ1v) is 10.5. The number of aryl methyl sites for hydroxylation is 1. The highest BCUT2D eigenvalue weighted by Crippen LogP contribution is 2.21. The number of aromatic nitrogens is 1. The Balaban J connectivity index is 1.42. The van der Waals surface area contributed by atoms with E-state index in [1.807, 2.05) is 66.9 Å². The van der Waals surface area contributed by atoms with E-state index in [1.54, 1.807) is 23.5 Å². The number of amides is 1. The molecule has 150 valence electrons. The Labute approximate surface area is 175 Å². The molecule has 0 bridgehead atoms. The van der Waals surface area contributed by atoms with Gasteiger partial charge in [0.2, 0.25) is 5.91 Å². The lowest BCUT2D eigenvalue weighted by atomic mass is 10.2. The molecule has 0 fully saturated rings. The van der Waals surface area contributed by atoms with Crippen LogP contribution in [0.5, 0.6) is 5.75 Å². The molecule has 1 amide bonds. The molecule has 2 N–H and O–H groups in total. The first-order valence-electron chi connectivity index (χ1n) is 9.58. The van der Waals surface area contributed by atoms with Crippen LogP contribution < -0.4 is 15.4 Å². The van der Waals surface area contributed by atoms with E-state index in [4.69, 9.17) is 4.74 Å². The summed E-state index contributed by atoms with van der Waals surface area (Å²) in [6.07, 6.45) is 4.17. The number of carbonyl (C=O) groups excluding carboxylic acids is 1. The standard InChI is InChI=1S/C23H25N3O2S/c1-18-26-21(17-29-18)16-28-22-11-6-5-8-19(22)12-13-23(27)25-15-7-14-24-20-9-3-2-4-10-20/h2-6,8-13,17,24H,7,14-16H2,1H3,(H,25,27). The molecule has 0 saturated heterocycles. The van der Waals surface area contributed by atoms with E-state index in [1.165, 1.54) is 0 Å². The summed E-state index contributed by atoms with van der Waals surface area (Å²) in [5, 5.41) is 9.24. The Kier molecular flexibility index (Phi) is 7.83. The number of benzene rings is 2. The Morgan fingerprint density at radius 1 is 1.10 bits per heavy atom. The van der Waals surface area contributed by atoms with Gasteiger partial charge in [0, 0.05) is 35.8 Å². The molecule has 3 aromatic rings. The van der Waals surface area contributed by atoms with E-state index >= 15 is 0 Å². The van der Waals surface area contributed by atoms with Crippen molar-refractivity contribution >= 4 is 29.0 Å². The number of thiazole rings is 1. The SMILES string of the molecule is Cc1nc(COc2ccccc2C=CC(=O)NCCCNc2ccccc2)cs1. The lowest BCUT2D eigenvalue weighted by Crippen LogP contribution is -2.23. The quantitative estimate of drug-likeness (QED) is 0.379. The molecule has 6 heteroatoms. The number of carbonyl (C=O) groups is 1. The fourth-order valence-corrected chi connectivity index (χ4v) is 3.29. The minimum absolute atomic E-state index is 0.116. The van der Waals surface area contributed by atoms with E-state index in [0.717, 1.165) is 40.7 Å². The zero-order valence-electron chi connectivity index (χ0n) is 16.4. The average Bonchev–Trinajstić information content (AvgIpc) is 3.17. The molecule has 0 aliphatic heterocycles. The zero-order valence-corrected chi connectivity index (χ0v) is 17.2. The smallest absolute Gasteiger partial charge is 0.244 e. The predicted molar refractivity (Wildman–Crippen MR) is 119 cm³/mol. The summed E-state index contributed by atoms with van der Waals surface area (Å²) >= 11 is 1.61. The van der Waals surface area contributed by atoms with Crippen molar-refractivity contribution < 1.29 is 9.53 Å². The number of nitrogens with zero attached hydrogens (tertiary/aromatic N) is 1. The Morgan fingerprint density at radius 2 is 1.90 bits per heavy atom. The number of anilines is 1. The molecule has 3 rings (SSSR count). The molecular weight excluding hydrogens is 382 g/mol. The molecule has 1 heterocycles. The van der Waals surface area contributed by atoms with Crippen LogP contribution in [0.1, 0.15) is 22.7 Å².